The van der Waals surface area contributed by atoms with Crippen molar-refractivity contribution in [2.45, 2.75) is 18.9 Å². The van der Waals surface area contributed by atoms with Crippen molar-refractivity contribution >= 4 is 17.9 Å². The summed E-state index contributed by atoms with van der Waals surface area (Å²) >= 11 is 0. The van der Waals surface area contributed by atoms with E-state index in [4.69, 9.17) is 23.7 Å². The van der Waals surface area contributed by atoms with Crippen molar-refractivity contribution in [2.75, 3.05) is 48.6 Å². The molecule has 11 heteroatoms. The monoisotopic (exact) mass is 589 g/mol. The number of hydrogen-bond donors (Lipinski definition) is 1. The number of hydrogen-bond acceptors (Lipinski definition) is 8. The summed E-state index contributed by atoms with van der Waals surface area (Å²) in [7, 11) is 7.51. The van der Waals surface area contributed by atoms with E-state index >= 15 is 0 Å². The fourth-order valence-corrected chi connectivity index (χ4v) is 5.91. The van der Waals surface area contributed by atoms with Gasteiger partial charge in [-0.2, -0.15) is 0 Å². The predicted molar refractivity (Wildman–Crippen MR) is 159 cm³/mol. The van der Waals surface area contributed by atoms with Crippen LogP contribution in [0.2, 0.25) is 0 Å². The summed E-state index contributed by atoms with van der Waals surface area (Å²) in [5.74, 6) is 1.35. The second-order valence-corrected chi connectivity index (χ2v) is 10.4. The van der Waals surface area contributed by atoms with Gasteiger partial charge in [0.2, 0.25) is 5.75 Å². The van der Waals surface area contributed by atoms with Crippen LogP contribution in [0.15, 0.2) is 59.0 Å². The zero-order valence-corrected chi connectivity index (χ0v) is 24.8. The topological polar surface area (TPSA) is 118 Å². The molecule has 5 rings (SSSR count). The van der Waals surface area contributed by atoms with Crippen LogP contribution in [-0.4, -0.2) is 69.9 Å². The number of piperidine rings is 1. The third kappa shape index (κ3) is 5.88. The number of ether oxygens (including phenoxy) is 5. The molecule has 226 valence electrons. The molecule has 11 nitrogen and oxygen atoms in total. The van der Waals surface area contributed by atoms with Gasteiger partial charge < -0.3 is 38.5 Å². The van der Waals surface area contributed by atoms with Crippen molar-refractivity contribution in [3.8, 4) is 28.7 Å². The van der Waals surface area contributed by atoms with Crippen molar-refractivity contribution in [1.82, 2.24) is 14.8 Å². The van der Waals surface area contributed by atoms with Crippen LogP contribution in [0.3, 0.4) is 0 Å². The van der Waals surface area contributed by atoms with Gasteiger partial charge in [0, 0.05) is 42.9 Å². The van der Waals surface area contributed by atoms with Crippen LogP contribution < -0.4 is 34.6 Å². The van der Waals surface area contributed by atoms with Gasteiger partial charge in [0.05, 0.1) is 35.5 Å². The smallest absolute Gasteiger partial charge is 0.270 e. The lowest BCUT2D eigenvalue weighted by Gasteiger charge is -2.43. The van der Waals surface area contributed by atoms with Gasteiger partial charge in [-0.15, -0.1) is 0 Å². The molecule has 2 bridgehead atoms. The molecule has 1 saturated heterocycles. The summed E-state index contributed by atoms with van der Waals surface area (Å²) in [4.78, 5) is 41.9. The second kappa shape index (κ2) is 12.5. The summed E-state index contributed by atoms with van der Waals surface area (Å²) in [6, 6.07) is 13.4. The number of carbonyl (C=O) groups excluding carboxylic acids is 2. The number of fused-ring (bicyclic) bond motifs is 4. The fraction of sp³-hybridized carbons (Fsp3) is 0.344. The number of aromatic nitrogens is 1. The maximum Gasteiger partial charge on any atom is 0.270 e. The molecule has 0 radical (unpaired) electrons. The van der Waals surface area contributed by atoms with Crippen molar-refractivity contribution in [3.05, 3.63) is 81.4 Å². The predicted octanol–water partition coefficient (Wildman–Crippen LogP) is 3.31. The Labute approximate surface area is 249 Å². The first kappa shape index (κ1) is 29.6. The number of rotatable bonds is 9. The van der Waals surface area contributed by atoms with Crippen LogP contribution in [0.5, 0.6) is 28.7 Å². The highest BCUT2D eigenvalue weighted by molar-refractivity contribution is 6.05. The number of nitrogens with zero attached hydrogens (tertiary/aromatic N) is 2. The number of nitrogens with one attached hydrogen (secondary N) is 1. The lowest BCUT2D eigenvalue weighted by Crippen LogP contribution is -2.50. The summed E-state index contributed by atoms with van der Waals surface area (Å²) in [6.45, 7) is 1.41. The molecule has 2 aliphatic heterocycles. The molecule has 0 spiro atoms. The molecular formula is C32H35N3O8. The van der Waals surface area contributed by atoms with E-state index in [1.807, 2.05) is 10.6 Å². The third-order valence-electron chi connectivity index (χ3n) is 7.89. The Bertz CT molecular complexity index is 1600. The average molecular weight is 590 g/mol. The number of benzene rings is 2. The van der Waals surface area contributed by atoms with Crippen molar-refractivity contribution in [1.29, 1.82) is 0 Å². The highest BCUT2D eigenvalue weighted by Gasteiger charge is 2.37. The molecular weight excluding hydrogens is 554 g/mol. The molecule has 3 aromatic rings. The molecule has 2 amide bonds. The third-order valence-corrected chi connectivity index (χ3v) is 7.89. The summed E-state index contributed by atoms with van der Waals surface area (Å²) in [6.07, 6.45) is 2.48. The van der Waals surface area contributed by atoms with E-state index in [2.05, 4.69) is 5.32 Å². The summed E-state index contributed by atoms with van der Waals surface area (Å²) < 4.78 is 28.9. The van der Waals surface area contributed by atoms with E-state index in [0.717, 1.165) is 12.1 Å². The van der Waals surface area contributed by atoms with E-state index in [1.54, 1.807) is 53.4 Å². The highest BCUT2D eigenvalue weighted by atomic mass is 16.5. The Morgan fingerprint density at radius 2 is 1.51 bits per heavy atom. The highest BCUT2D eigenvalue weighted by Crippen LogP contribution is 2.39. The number of likely N-dealkylation sites (tertiary alicyclic amines) is 1. The minimum absolute atomic E-state index is 0.00863. The standard InChI is InChI=1S/C32H35N3O8/c1-39-25-10-9-21(15-26(25)40-2)31(37)33-23(12-19-13-27(41-3)30(43-5)28(14-19)42-4)32(38)34-16-20-11-22(18-34)24-7-6-8-29(36)35(24)17-20/h6-10,12-15,20,22H,11,16-18H2,1-5H3,(H,33,37)/b23-12-. The van der Waals surface area contributed by atoms with Gasteiger partial charge in [-0.3, -0.25) is 14.4 Å². The van der Waals surface area contributed by atoms with E-state index in [9.17, 15) is 14.4 Å². The Morgan fingerprint density at radius 1 is 0.814 bits per heavy atom. The van der Waals surface area contributed by atoms with Crippen LogP contribution in [0.1, 0.15) is 34.0 Å². The van der Waals surface area contributed by atoms with Gasteiger partial charge >= 0.3 is 0 Å². The zero-order chi connectivity index (χ0) is 30.7. The fourth-order valence-electron chi connectivity index (χ4n) is 5.91. The summed E-state index contributed by atoms with van der Waals surface area (Å²) in [5, 5.41) is 2.83. The summed E-state index contributed by atoms with van der Waals surface area (Å²) in [5.41, 5.74) is 1.80. The van der Waals surface area contributed by atoms with Gasteiger partial charge in [0.25, 0.3) is 17.4 Å². The van der Waals surface area contributed by atoms with Crippen LogP contribution >= 0.6 is 0 Å². The average Bonchev–Trinajstić information content (AvgIpc) is 3.03. The molecule has 2 unspecified atom stereocenters. The number of pyridine rings is 1. The van der Waals surface area contributed by atoms with Crippen LogP contribution in [0, 0.1) is 5.92 Å². The molecule has 1 N–H and O–H groups in total. The molecule has 1 fully saturated rings. The minimum atomic E-state index is -0.498. The molecule has 0 saturated carbocycles. The Kier molecular flexibility index (Phi) is 8.61. The van der Waals surface area contributed by atoms with Gasteiger partial charge in [-0.05, 0) is 60.4 Å². The van der Waals surface area contributed by atoms with Crippen LogP contribution in [0.25, 0.3) is 6.08 Å². The van der Waals surface area contributed by atoms with E-state index < -0.39 is 5.91 Å². The van der Waals surface area contributed by atoms with Crippen LogP contribution in [-0.2, 0) is 11.3 Å². The molecule has 2 aliphatic rings. The molecule has 2 aromatic carbocycles. The SMILES string of the molecule is COc1ccc(C(=O)N/C(=C\c2cc(OC)c(OC)c(OC)c2)C(=O)N2CC3CC(C2)c2cccc(=O)n2C3)cc1OC. The largest absolute Gasteiger partial charge is 0.493 e. The van der Waals surface area contributed by atoms with Gasteiger partial charge in [-0.25, -0.2) is 0 Å². The van der Waals surface area contributed by atoms with E-state index in [-0.39, 0.29) is 34.6 Å². The van der Waals surface area contributed by atoms with Gasteiger partial charge in [-0.1, -0.05) is 6.07 Å². The first-order valence-electron chi connectivity index (χ1n) is 13.8. The zero-order valence-electron chi connectivity index (χ0n) is 24.8. The molecule has 3 heterocycles. The minimum Gasteiger partial charge on any atom is -0.493 e. The number of methoxy groups -OCH3 is 5. The van der Waals surface area contributed by atoms with E-state index in [0.29, 0.717) is 53.9 Å². The van der Waals surface area contributed by atoms with Crippen molar-refractivity contribution in [3.63, 3.8) is 0 Å². The van der Waals surface area contributed by atoms with Crippen molar-refractivity contribution < 1.29 is 33.3 Å². The molecule has 43 heavy (non-hydrogen) atoms. The lowest BCUT2D eigenvalue weighted by molar-refractivity contribution is -0.130. The Morgan fingerprint density at radius 3 is 2.16 bits per heavy atom. The maximum atomic E-state index is 14.2. The number of amides is 2. The Hall–Kier alpha value is -4.93. The molecule has 0 aliphatic carbocycles. The first-order valence-corrected chi connectivity index (χ1v) is 13.8. The quantitative estimate of drug-likeness (QED) is 0.378. The lowest BCUT2D eigenvalue weighted by atomic mass is 9.83. The van der Waals surface area contributed by atoms with Crippen LogP contribution in [0.4, 0.5) is 0 Å². The maximum absolute atomic E-state index is 14.2. The van der Waals surface area contributed by atoms with Gasteiger partial charge in [0.15, 0.2) is 23.0 Å². The second-order valence-electron chi connectivity index (χ2n) is 10.4. The van der Waals surface area contributed by atoms with E-state index in [1.165, 1.54) is 35.5 Å². The van der Waals surface area contributed by atoms with Crippen molar-refractivity contribution in [2.24, 2.45) is 5.92 Å². The normalized spacial score (nSPS) is 17.4. The molecule has 2 atom stereocenters. The van der Waals surface area contributed by atoms with Gasteiger partial charge in [0.1, 0.15) is 5.70 Å². The Balaban J connectivity index is 1.52. The molecule has 1 aromatic heterocycles. The first-order chi connectivity index (χ1) is 20.8. The number of carbonyl (C=O) groups is 2.